The second-order valence-corrected chi connectivity index (χ2v) is 5.60. The topological polar surface area (TPSA) is 108 Å². The van der Waals surface area contributed by atoms with Gasteiger partial charge in [0.25, 0.3) is 5.91 Å². The predicted molar refractivity (Wildman–Crippen MR) is 79.7 cm³/mol. The van der Waals surface area contributed by atoms with Crippen LogP contribution in [0.3, 0.4) is 0 Å². The Morgan fingerprint density at radius 2 is 1.96 bits per heavy atom. The molecule has 0 aliphatic carbocycles. The van der Waals surface area contributed by atoms with E-state index < -0.39 is 17.0 Å². The number of likely N-dealkylation sites (tertiary alicyclic amines) is 1. The van der Waals surface area contributed by atoms with E-state index in [1.165, 1.54) is 25.5 Å². The molecule has 126 valence electrons. The van der Waals surface area contributed by atoms with E-state index in [4.69, 9.17) is 4.74 Å². The first-order chi connectivity index (χ1) is 10.8. The second kappa shape index (κ2) is 6.76. The highest BCUT2D eigenvalue weighted by atomic mass is 16.6. The van der Waals surface area contributed by atoms with Crippen molar-refractivity contribution in [2.45, 2.75) is 46.3 Å². The quantitative estimate of drug-likeness (QED) is 0.453. The van der Waals surface area contributed by atoms with Gasteiger partial charge in [-0.15, -0.1) is 0 Å². The van der Waals surface area contributed by atoms with E-state index in [0.717, 1.165) is 12.8 Å². The number of ether oxygens (including phenoxy) is 1. The molecule has 2 rings (SSSR count). The average Bonchev–Trinajstić information content (AvgIpc) is 3.07. The molecule has 9 nitrogen and oxygen atoms in total. The number of rotatable bonds is 5. The van der Waals surface area contributed by atoms with Crippen LogP contribution in [0.15, 0.2) is 0 Å². The van der Waals surface area contributed by atoms with Gasteiger partial charge in [0.1, 0.15) is 17.9 Å². The molecule has 1 saturated heterocycles. The van der Waals surface area contributed by atoms with E-state index in [1.807, 2.05) is 0 Å². The fraction of sp³-hybridized carbons (Fsp3) is 0.643. The van der Waals surface area contributed by atoms with Gasteiger partial charge in [0, 0.05) is 13.1 Å². The Bertz CT molecular complexity index is 633. The van der Waals surface area contributed by atoms with Gasteiger partial charge in [0.15, 0.2) is 6.10 Å². The summed E-state index contributed by atoms with van der Waals surface area (Å²) in [4.78, 5) is 36.1. The van der Waals surface area contributed by atoms with Crippen LogP contribution in [-0.2, 0) is 20.9 Å². The van der Waals surface area contributed by atoms with Crippen molar-refractivity contribution >= 4 is 17.6 Å². The zero-order chi connectivity index (χ0) is 17.1. The molecule has 0 spiro atoms. The maximum atomic E-state index is 12.1. The number of amides is 1. The Morgan fingerprint density at radius 3 is 2.48 bits per heavy atom. The van der Waals surface area contributed by atoms with Crippen molar-refractivity contribution in [1.82, 2.24) is 14.7 Å². The summed E-state index contributed by atoms with van der Waals surface area (Å²) in [5.41, 5.74) is 0.406. The van der Waals surface area contributed by atoms with Crippen LogP contribution >= 0.6 is 0 Å². The molecular formula is C14H20N4O5. The highest BCUT2D eigenvalue weighted by Gasteiger charge is 2.27. The summed E-state index contributed by atoms with van der Waals surface area (Å²) in [6, 6.07) is 0. The van der Waals surface area contributed by atoms with Crippen LogP contribution in [-0.4, -0.2) is 50.7 Å². The average molecular weight is 324 g/mol. The smallest absolute Gasteiger partial charge is 0.328 e. The molecule has 0 unspecified atom stereocenters. The number of esters is 1. The summed E-state index contributed by atoms with van der Waals surface area (Å²) in [5, 5.41) is 14.9. The lowest BCUT2D eigenvalue weighted by Crippen LogP contribution is -2.38. The van der Waals surface area contributed by atoms with Crippen LogP contribution in [0.25, 0.3) is 0 Å². The van der Waals surface area contributed by atoms with Crippen molar-refractivity contribution in [2.75, 3.05) is 13.1 Å². The van der Waals surface area contributed by atoms with Crippen LogP contribution < -0.4 is 0 Å². The van der Waals surface area contributed by atoms with Gasteiger partial charge in [0.2, 0.25) is 0 Å². The molecule has 1 fully saturated rings. The van der Waals surface area contributed by atoms with Crippen LogP contribution in [0, 0.1) is 24.0 Å². The van der Waals surface area contributed by atoms with E-state index in [2.05, 4.69) is 5.10 Å². The number of carbonyl (C=O) groups excluding carboxylic acids is 2. The van der Waals surface area contributed by atoms with Crippen molar-refractivity contribution < 1.29 is 19.2 Å². The van der Waals surface area contributed by atoms with Gasteiger partial charge in [-0.1, -0.05) is 0 Å². The monoisotopic (exact) mass is 324 g/mol. The highest BCUT2D eigenvalue weighted by molar-refractivity contribution is 5.83. The maximum absolute atomic E-state index is 12.1. The Morgan fingerprint density at radius 1 is 1.35 bits per heavy atom. The molecule has 0 aromatic carbocycles. The van der Waals surface area contributed by atoms with E-state index in [1.54, 1.807) is 4.90 Å². The third-order valence-electron chi connectivity index (χ3n) is 3.88. The molecule has 0 saturated carbocycles. The van der Waals surface area contributed by atoms with E-state index in [0.29, 0.717) is 13.1 Å². The molecule has 1 amide bonds. The fourth-order valence-corrected chi connectivity index (χ4v) is 2.71. The Labute approximate surface area is 133 Å². The van der Waals surface area contributed by atoms with Crippen molar-refractivity contribution in [1.29, 1.82) is 0 Å². The normalized spacial score (nSPS) is 15.5. The molecule has 1 atom stereocenters. The van der Waals surface area contributed by atoms with Gasteiger partial charge >= 0.3 is 11.7 Å². The van der Waals surface area contributed by atoms with Gasteiger partial charge in [-0.05, 0) is 33.6 Å². The van der Waals surface area contributed by atoms with Crippen LogP contribution in [0.4, 0.5) is 5.69 Å². The number of nitrogens with zero attached hydrogens (tertiary/aromatic N) is 4. The summed E-state index contributed by atoms with van der Waals surface area (Å²) in [5.74, 6) is -0.860. The Hall–Kier alpha value is -2.45. The molecule has 2 heterocycles. The Kier molecular flexibility index (Phi) is 4.97. The first kappa shape index (κ1) is 16.9. The largest absolute Gasteiger partial charge is 0.451 e. The molecule has 9 heteroatoms. The minimum Gasteiger partial charge on any atom is -0.451 e. The van der Waals surface area contributed by atoms with Crippen LogP contribution in [0.2, 0.25) is 0 Å². The number of carbonyl (C=O) groups is 2. The maximum Gasteiger partial charge on any atom is 0.328 e. The number of aromatic nitrogens is 2. The number of hydrogen-bond donors (Lipinski definition) is 0. The lowest BCUT2D eigenvalue weighted by molar-refractivity contribution is -0.386. The fourth-order valence-electron chi connectivity index (χ4n) is 2.71. The van der Waals surface area contributed by atoms with Crippen molar-refractivity contribution in [2.24, 2.45) is 0 Å². The number of aryl methyl sites for hydroxylation is 1. The van der Waals surface area contributed by atoms with E-state index in [-0.39, 0.29) is 29.5 Å². The third-order valence-corrected chi connectivity index (χ3v) is 3.88. The van der Waals surface area contributed by atoms with E-state index in [9.17, 15) is 19.7 Å². The van der Waals surface area contributed by atoms with Gasteiger partial charge in [-0.2, -0.15) is 5.10 Å². The number of hydrogen-bond acceptors (Lipinski definition) is 6. The lowest BCUT2D eigenvalue weighted by Gasteiger charge is -2.20. The molecule has 1 aromatic heterocycles. The lowest BCUT2D eigenvalue weighted by atomic mass is 10.3. The van der Waals surface area contributed by atoms with Crippen molar-refractivity contribution in [3.63, 3.8) is 0 Å². The van der Waals surface area contributed by atoms with Crippen LogP contribution in [0.5, 0.6) is 0 Å². The summed E-state index contributed by atoms with van der Waals surface area (Å²) >= 11 is 0. The first-order valence-electron chi connectivity index (χ1n) is 7.48. The minimum atomic E-state index is -0.868. The van der Waals surface area contributed by atoms with Gasteiger partial charge in [-0.3, -0.25) is 24.4 Å². The first-order valence-corrected chi connectivity index (χ1v) is 7.48. The third kappa shape index (κ3) is 3.66. The SMILES string of the molecule is Cc1nn(CC(=O)O[C@@H](C)C(=O)N2CCCC2)c(C)c1[N+](=O)[O-]. The van der Waals surface area contributed by atoms with E-state index >= 15 is 0 Å². The van der Waals surface area contributed by atoms with Crippen molar-refractivity contribution in [3.05, 3.63) is 21.5 Å². The molecule has 23 heavy (non-hydrogen) atoms. The summed E-state index contributed by atoms with van der Waals surface area (Å²) in [7, 11) is 0. The van der Waals surface area contributed by atoms with Gasteiger partial charge in [0.05, 0.1) is 4.92 Å². The summed E-state index contributed by atoms with van der Waals surface area (Å²) < 4.78 is 6.36. The molecule has 1 aromatic rings. The van der Waals surface area contributed by atoms with Crippen molar-refractivity contribution in [3.8, 4) is 0 Å². The van der Waals surface area contributed by atoms with Gasteiger partial charge < -0.3 is 9.64 Å². The molecule has 0 bridgehead atoms. The predicted octanol–water partition coefficient (Wildman–Crippen LogP) is 0.962. The zero-order valence-corrected chi connectivity index (χ0v) is 13.4. The summed E-state index contributed by atoms with van der Waals surface area (Å²) in [6.07, 6.45) is 1.05. The summed E-state index contributed by atoms with van der Waals surface area (Å²) in [6.45, 7) is 5.66. The molecule has 0 radical (unpaired) electrons. The molecule has 0 N–H and O–H groups in total. The molecule has 1 aliphatic rings. The molecule has 1 aliphatic heterocycles. The standard InChI is InChI=1S/C14H20N4O5/c1-9-13(18(21)22)10(2)17(15-9)8-12(19)23-11(3)14(20)16-6-4-5-7-16/h11H,4-8H2,1-3H3/t11-/m0/s1. The Balaban J connectivity index is 1.98. The second-order valence-electron chi connectivity index (χ2n) is 5.60. The van der Waals surface area contributed by atoms with Gasteiger partial charge in [-0.25, -0.2) is 0 Å². The number of nitro groups is 1. The molecular weight excluding hydrogens is 304 g/mol. The van der Waals surface area contributed by atoms with Crippen LogP contribution in [0.1, 0.15) is 31.2 Å². The zero-order valence-electron chi connectivity index (χ0n) is 13.4. The minimum absolute atomic E-state index is 0.112. The highest BCUT2D eigenvalue weighted by Crippen LogP contribution is 2.21.